The number of pyridine rings is 2. The topological polar surface area (TPSA) is 54.9 Å². The van der Waals surface area contributed by atoms with Crippen molar-refractivity contribution in [2.75, 3.05) is 11.1 Å². The van der Waals surface area contributed by atoms with Crippen LogP contribution in [0.4, 0.5) is 18.9 Å². The van der Waals surface area contributed by atoms with Crippen molar-refractivity contribution < 1.29 is 18.0 Å². The number of hydrogen-bond acceptors (Lipinski definition) is 5. The Morgan fingerprint density at radius 2 is 2.04 bits per heavy atom. The van der Waals surface area contributed by atoms with E-state index in [1.807, 2.05) is 13.0 Å². The highest BCUT2D eigenvalue weighted by molar-refractivity contribution is 7.99. The molecule has 9 heteroatoms. The lowest BCUT2D eigenvalue weighted by Gasteiger charge is -2.13. The van der Waals surface area contributed by atoms with Gasteiger partial charge in [-0.05, 0) is 42.2 Å². The summed E-state index contributed by atoms with van der Waals surface area (Å²) in [5.74, 6) is 0.659. The molecule has 0 unspecified atom stereocenters. The molecular weight excluding hydrogens is 383 g/mol. The smallest absolute Gasteiger partial charge is 0.318 e. The third kappa shape index (κ3) is 4.32. The van der Waals surface area contributed by atoms with Crippen LogP contribution in [0.1, 0.15) is 47.3 Å². The normalized spacial score (nSPS) is 14.3. The highest BCUT2D eigenvalue weighted by Crippen LogP contribution is 2.41. The monoisotopic (exact) mass is 399 g/mol. The van der Waals surface area contributed by atoms with Crippen LogP contribution in [-0.2, 0) is 6.18 Å². The third-order valence-electron chi connectivity index (χ3n) is 3.88. The molecule has 138 valence electrons. The molecule has 1 fully saturated rings. The molecule has 0 aliphatic heterocycles. The van der Waals surface area contributed by atoms with Crippen LogP contribution in [0.2, 0.25) is 0 Å². The minimum Gasteiger partial charge on any atom is -0.318 e. The molecule has 0 aromatic carbocycles. The van der Waals surface area contributed by atoms with Gasteiger partial charge in [-0.1, -0.05) is 6.92 Å². The van der Waals surface area contributed by atoms with Gasteiger partial charge in [0.05, 0.1) is 11.3 Å². The van der Waals surface area contributed by atoms with Gasteiger partial charge >= 0.3 is 6.18 Å². The van der Waals surface area contributed by atoms with Crippen molar-refractivity contribution in [3.05, 3.63) is 41.3 Å². The first kappa shape index (κ1) is 19.0. The zero-order valence-electron chi connectivity index (χ0n) is 13.8. The molecule has 0 atom stereocenters. The number of rotatable bonds is 5. The molecule has 0 spiro atoms. The molecular formula is C17H16F3N3OS2. The maximum atomic E-state index is 12.9. The summed E-state index contributed by atoms with van der Waals surface area (Å²) < 4.78 is 38.6. The number of amides is 1. The van der Waals surface area contributed by atoms with Crippen molar-refractivity contribution in [1.29, 1.82) is 0 Å². The molecule has 4 nitrogen and oxygen atoms in total. The lowest BCUT2D eigenvalue weighted by molar-refractivity contribution is -0.137. The molecule has 0 bridgehead atoms. The molecule has 1 aliphatic carbocycles. The van der Waals surface area contributed by atoms with Gasteiger partial charge in [0.1, 0.15) is 10.7 Å². The number of halogens is 3. The fraction of sp³-hybridized carbons (Fsp3) is 0.353. The number of nitrogens with zero attached hydrogens (tertiary/aromatic N) is 2. The molecule has 0 saturated heterocycles. The van der Waals surface area contributed by atoms with Crippen molar-refractivity contribution in [1.82, 2.24) is 9.97 Å². The highest BCUT2D eigenvalue weighted by Gasteiger charge is 2.32. The summed E-state index contributed by atoms with van der Waals surface area (Å²) >= 11 is 5.50. The van der Waals surface area contributed by atoms with Gasteiger partial charge < -0.3 is 5.32 Å². The van der Waals surface area contributed by atoms with Crippen molar-refractivity contribution >= 4 is 36.0 Å². The molecule has 1 amide bonds. The molecule has 3 rings (SSSR count). The van der Waals surface area contributed by atoms with Crippen LogP contribution in [0.3, 0.4) is 0 Å². The second-order valence-electron chi connectivity index (χ2n) is 5.87. The van der Waals surface area contributed by atoms with E-state index in [1.165, 1.54) is 11.8 Å². The molecule has 2 heterocycles. The van der Waals surface area contributed by atoms with E-state index in [0.29, 0.717) is 12.1 Å². The van der Waals surface area contributed by atoms with E-state index < -0.39 is 17.6 Å². The van der Waals surface area contributed by atoms with Gasteiger partial charge in [0.25, 0.3) is 5.91 Å². The second-order valence-corrected chi connectivity index (χ2v) is 7.60. The number of hydrogen-bond donors (Lipinski definition) is 2. The minimum atomic E-state index is -4.55. The van der Waals surface area contributed by atoms with E-state index >= 15 is 0 Å². The van der Waals surface area contributed by atoms with E-state index in [-0.39, 0.29) is 16.4 Å². The molecule has 26 heavy (non-hydrogen) atoms. The first-order valence-electron chi connectivity index (χ1n) is 8.00. The van der Waals surface area contributed by atoms with Crippen LogP contribution in [-0.4, -0.2) is 21.6 Å². The van der Waals surface area contributed by atoms with Crippen LogP contribution in [0.5, 0.6) is 0 Å². The number of alkyl halides is 3. The molecule has 1 aliphatic rings. The number of carbonyl (C=O) groups is 1. The zero-order valence-corrected chi connectivity index (χ0v) is 15.5. The fourth-order valence-corrected chi connectivity index (χ4v) is 3.41. The first-order chi connectivity index (χ1) is 12.3. The molecule has 1 N–H and O–H groups in total. The maximum absolute atomic E-state index is 12.9. The lowest BCUT2D eigenvalue weighted by Crippen LogP contribution is -2.17. The molecule has 1 saturated carbocycles. The van der Waals surface area contributed by atoms with Crippen LogP contribution >= 0.6 is 24.4 Å². The zero-order chi connectivity index (χ0) is 18.9. The van der Waals surface area contributed by atoms with Crippen LogP contribution in [0.15, 0.2) is 34.4 Å². The Labute approximate surface area is 158 Å². The van der Waals surface area contributed by atoms with Crippen molar-refractivity contribution in [3.63, 3.8) is 0 Å². The summed E-state index contributed by atoms with van der Waals surface area (Å²) in [5, 5.41) is 2.45. The number of carbonyl (C=O) groups excluding carboxylic acids is 1. The van der Waals surface area contributed by atoms with Crippen LogP contribution in [0, 0.1) is 0 Å². The Balaban J connectivity index is 1.88. The number of nitrogens with one attached hydrogen (secondary N) is 1. The quantitative estimate of drug-likeness (QED) is 0.547. The largest absolute Gasteiger partial charge is 0.417 e. The van der Waals surface area contributed by atoms with Gasteiger partial charge in [-0.3, -0.25) is 4.79 Å². The summed E-state index contributed by atoms with van der Waals surface area (Å²) in [7, 11) is 0. The molecule has 2 aromatic heterocycles. The van der Waals surface area contributed by atoms with E-state index in [0.717, 1.165) is 35.1 Å². The average Bonchev–Trinajstić information content (AvgIpc) is 3.41. The first-order valence-corrected chi connectivity index (χ1v) is 9.43. The summed E-state index contributed by atoms with van der Waals surface area (Å²) in [6, 6.07) is 2.76. The predicted molar refractivity (Wildman–Crippen MR) is 97.1 cm³/mol. The predicted octanol–water partition coefficient (Wildman–Crippen LogP) is 5.03. The number of thioether (sulfide) groups is 1. The number of thiol groups is 1. The van der Waals surface area contributed by atoms with E-state index in [4.69, 9.17) is 0 Å². The summed E-state index contributed by atoms with van der Waals surface area (Å²) in [4.78, 5) is 21.2. The summed E-state index contributed by atoms with van der Waals surface area (Å²) in [6.45, 7) is 1.96. The van der Waals surface area contributed by atoms with Gasteiger partial charge in [-0.25, -0.2) is 9.97 Å². The van der Waals surface area contributed by atoms with Gasteiger partial charge in [0.2, 0.25) is 0 Å². The van der Waals surface area contributed by atoms with Crippen LogP contribution < -0.4 is 5.32 Å². The Kier molecular flexibility index (Phi) is 5.47. The van der Waals surface area contributed by atoms with Crippen molar-refractivity contribution in [3.8, 4) is 0 Å². The lowest BCUT2D eigenvalue weighted by atomic mass is 10.1. The molecule has 0 radical (unpaired) electrons. The van der Waals surface area contributed by atoms with Gasteiger partial charge in [-0.2, -0.15) is 13.2 Å². The Hall–Kier alpha value is -1.74. The van der Waals surface area contributed by atoms with Crippen molar-refractivity contribution in [2.24, 2.45) is 0 Å². The van der Waals surface area contributed by atoms with E-state index in [1.54, 1.807) is 6.20 Å². The Morgan fingerprint density at radius 3 is 2.65 bits per heavy atom. The summed E-state index contributed by atoms with van der Waals surface area (Å²) in [6.07, 6.45) is 0.0173. The van der Waals surface area contributed by atoms with Crippen LogP contribution in [0.25, 0.3) is 0 Å². The average molecular weight is 399 g/mol. The number of aromatic nitrogens is 2. The summed E-state index contributed by atoms with van der Waals surface area (Å²) in [5.41, 5.74) is 0.221. The van der Waals surface area contributed by atoms with Gasteiger partial charge in [0.15, 0.2) is 0 Å². The Morgan fingerprint density at radius 1 is 1.31 bits per heavy atom. The maximum Gasteiger partial charge on any atom is 0.417 e. The Bertz CT molecular complexity index is 838. The van der Waals surface area contributed by atoms with Gasteiger partial charge in [0, 0.05) is 17.3 Å². The SMILES string of the molecule is CCSc1cc(C2CC2)cnc1C(=O)Nc1cc(C(F)(F)F)cnc1S. The van der Waals surface area contributed by atoms with Gasteiger partial charge in [-0.15, -0.1) is 24.4 Å². The van der Waals surface area contributed by atoms with E-state index in [2.05, 4.69) is 27.9 Å². The highest BCUT2D eigenvalue weighted by atomic mass is 32.2. The minimum absolute atomic E-state index is 0.00523. The number of anilines is 1. The van der Waals surface area contributed by atoms with E-state index in [9.17, 15) is 18.0 Å². The standard InChI is InChI=1S/C17H16F3N3OS2/c1-2-26-13-5-10(9-3-4-9)7-21-14(13)15(24)23-12-6-11(17(18,19)20)8-22-16(12)25/h5-9H,2-4H2,1H3,(H,22,25)(H,23,24). The molecule has 2 aromatic rings. The third-order valence-corrected chi connectivity index (χ3v) is 5.15. The second kappa shape index (κ2) is 7.48. The van der Waals surface area contributed by atoms with Crippen molar-refractivity contribution in [2.45, 2.75) is 41.8 Å². The fourth-order valence-electron chi connectivity index (χ4n) is 2.42.